The number of benzene rings is 1. The first-order chi connectivity index (χ1) is 8.69. The molecule has 88 valence electrons. The zero-order valence-corrected chi connectivity index (χ0v) is 10.8. The molecule has 1 aromatic heterocycles. The molecular formula is C14H8Cl2N2. The average Bonchev–Trinajstić information content (AvgIpc) is 2.36. The van der Waals surface area contributed by atoms with Crippen LogP contribution < -0.4 is 0 Å². The maximum Gasteiger partial charge on any atom is 0.101 e. The van der Waals surface area contributed by atoms with Crippen molar-refractivity contribution in [3.05, 3.63) is 63.9 Å². The van der Waals surface area contributed by atoms with Gasteiger partial charge in [0.05, 0.1) is 11.3 Å². The van der Waals surface area contributed by atoms with Crippen LogP contribution in [0.2, 0.25) is 10.0 Å². The first kappa shape index (κ1) is 12.6. The smallest absolute Gasteiger partial charge is 0.101 e. The molecule has 0 fully saturated rings. The number of rotatable bonds is 2. The molecular weight excluding hydrogens is 267 g/mol. The van der Waals surface area contributed by atoms with Crippen molar-refractivity contribution in [2.24, 2.45) is 0 Å². The van der Waals surface area contributed by atoms with E-state index in [4.69, 9.17) is 28.5 Å². The lowest BCUT2D eigenvalue weighted by Gasteiger charge is -2.00. The number of halogens is 2. The third kappa shape index (κ3) is 3.10. The quantitative estimate of drug-likeness (QED) is 0.759. The van der Waals surface area contributed by atoms with E-state index in [-0.39, 0.29) is 0 Å². The largest absolute Gasteiger partial charge is 0.256 e. The summed E-state index contributed by atoms with van der Waals surface area (Å²) in [7, 11) is 0. The molecule has 1 heterocycles. The van der Waals surface area contributed by atoms with Crippen molar-refractivity contribution in [1.29, 1.82) is 5.26 Å². The van der Waals surface area contributed by atoms with Gasteiger partial charge in [0, 0.05) is 16.2 Å². The van der Waals surface area contributed by atoms with Crippen molar-refractivity contribution >= 4 is 34.9 Å². The van der Waals surface area contributed by atoms with Gasteiger partial charge in [0.15, 0.2) is 0 Å². The van der Waals surface area contributed by atoms with E-state index in [1.807, 2.05) is 6.07 Å². The number of aromatic nitrogens is 1. The highest BCUT2D eigenvalue weighted by molar-refractivity contribution is 6.34. The molecule has 0 saturated heterocycles. The van der Waals surface area contributed by atoms with Gasteiger partial charge >= 0.3 is 0 Å². The fraction of sp³-hybridized carbons (Fsp3) is 0. The maximum absolute atomic E-state index is 9.16. The number of hydrogen-bond donors (Lipinski definition) is 0. The fourth-order valence-electron chi connectivity index (χ4n) is 1.51. The molecule has 2 rings (SSSR count). The van der Waals surface area contributed by atoms with E-state index in [0.29, 0.717) is 21.3 Å². The standard InChI is InChI=1S/C14H8Cl2N2/c15-12-6-10(7-13(16)8-12)5-11(9-17)14-3-1-2-4-18-14/h1-8H/b11-5+. The van der Waals surface area contributed by atoms with Gasteiger partial charge in [0.1, 0.15) is 6.07 Å². The summed E-state index contributed by atoms with van der Waals surface area (Å²) in [6, 6.07) is 12.7. The predicted octanol–water partition coefficient (Wildman–Crippen LogP) is 4.45. The molecule has 0 atom stereocenters. The van der Waals surface area contributed by atoms with Crippen molar-refractivity contribution in [2.75, 3.05) is 0 Å². The molecule has 0 unspecified atom stereocenters. The summed E-state index contributed by atoms with van der Waals surface area (Å²) in [5.41, 5.74) is 1.86. The Balaban J connectivity index is 2.45. The monoisotopic (exact) mass is 274 g/mol. The van der Waals surface area contributed by atoms with Crippen LogP contribution >= 0.6 is 23.2 Å². The summed E-state index contributed by atoms with van der Waals surface area (Å²) >= 11 is 11.8. The normalized spacial score (nSPS) is 11.1. The Hall–Kier alpha value is -1.82. The van der Waals surface area contributed by atoms with Gasteiger partial charge in [-0.1, -0.05) is 29.3 Å². The molecule has 1 aromatic carbocycles. The van der Waals surface area contributed by atoms with E-state index in [0.717, 1.165) is 5.56 Å². The van der Waals surface area contributed by atoms with E-state index < -0.39 is 0 Å². The second kappa shape index (κ2) is 5.68. The van der Waals surface area contributed by atoms with E-state index in [1.165, 1.54) is 0 Å². The third-order valence-electron chi connectivity index (χ3n) is 2.26. The zero-order chi connectivity index (χ0) is 13.0. The molecule has 0 spiro atoms. The van der Waals surface area contributed by atoms with Crippen LogP contribution in [-0.4, -0.2) is 4.98 Å². The van der Waals surface area contributed by atoms with Gasteiger partial charge < -0.3 is 0 Å². The van der Waals surface area contributed by atoms with Crippen LogP contribution in [0.15, 0.2) is 42.6 Å². The summed E-state index contributed by atoms with van der Waals surface area (Å²) < 4.78 is 0. The van der Waals surface area contributed by atoms with Crippen LogP contribution in [0.1, 0.15) is 11.3 Å². The highest BCUT2D eigenvalue weighted by atomic mass is 35.5. The average molecular weight is 275 g/mol. The van der Waals surface area contributed by atoms with E-state index >= 15 is 0 Å². The fourth-order valence-corrected chi connectivity index (χ4v) is 2.05. The lowest BCUT2D eigenvalue weighted by molar-refractivity contribution is 1.28. The number of hydrogen-bond acceptors (Lipinski definition) is 2. The Morgan fingerprint density at radius 3 is 2.44 bits per heavy atom. The predicted molar refractivity (Wildman–Crippen MR) is 74.2 cm³/mol. The van der Waals surface area contributed by atoms with Gasteiger partial charge in [-0.15, -0.1) is 0 Å². The van der Waals surface area contributed by atoms with Gasteiger partial charge in [-0.25, -0.2) is 0 Å². The van der Waals surface area contributed by atoms with Crippen LogP contribution in [0.4, 0.5) is 0 Å². The molecule has 0 bridgehead atoms. The molecule has 0 saturated carbocycles. The molecule has 18 heavy (non-hydrogen) atoms. The molecule has 0 N–H and O–H groups in total. The second-order valence-electron chi connectivity index (χ2n) is 3.59. The van der Waals surface area contributed by atoms with Gasteiger partial charge in [0.2, 0.25) is 0 Å². The first-order valence-electron chi connectivity index (χ1n) is 5.18. The summed E-state index contributed by atoms with van der Waals surface area (Å²) in [6.45, 7) is 0. The van der Waals surface area contributed by atoms with E-state index in [9.17, 15) is 0 Å². The minimum atomic E-state index is 0.467. The molecule has 0 aliphatic heterocycles. The number of nitrogens with zero attached hydrogens (tertiary/aromatic N) is 2. The number of pyridine rings is 1. The molecule has 0 aliphatic rings. The molecule has 0 amide bonds. The van der Waals surface area contributed by atoms with Crippen LogP contribution in [0.5, 0.6) is 0 Å². The molecule has 4 heteroatoms. The van der Waals surface area contributed by atoms with Crippen LogP contribution in [-0.2, 0) is 0 Å². The van der Waals surface area contributed by atoms with E-state index in [2.05, 4.69) is 11.1 Å². The topological polar surface area (TPSA) is 36.7 Å². The summed E-state index contributed by atoms with van der Waals surface area (Å²) in [5, 5.41) is 10.2. The Bertz CT molecular complexity index is 608. The lowest BCUT2D eigenvalue weighted by Crippen LogP contribution is -1.86. The highest BCUT2D eigenvalue weighted by Crippen LogP contribution is 2.22. The maximum atomic E-state index is 9.16. The Morgan fingerprint density at radius 1 is 1.17 bits per heavy atom. The first-order valence-corrected chi connectivity index (χ1v) is 5.94. The Morgan fingerprint density at radius 2 is 1.89 bits per heavy atom. The molecule has 2 aromatic rings. The van der Waals surface area contributed by atoms with Crippen molar-refractivity contribution in [3.63, 3.8) is 0 Å². The summed E-state index contributed by atoms with van der Waals surface area (Å²) in [4.78, 5) is 4.13. The van der Waals surface area contributed by atoms with Crippen LogP contribution in [0, 0.1) is 11.3 Å². The number of nitriles is 1. The molecule has 2 nitrogen and oxygen atoms in total. The Labute approximate surface area is 115 Å². The van der Waals surface area contributed by atoms with Gasteiger partial charge in [-0.3, -0.25) is 4.98 Å². The van der Waals surface area contributed by atoms with Gasteiger partial charge in [-0.2, -0.15) is 5.26 Å². The minimum Gasteiger partial charge on any atom is -0.256 e. The molecule has 0 radical (unpaired) electrons. The summed E-state index contributed by atoms with van der Waals surface area (Å²) in [6.07, 6.45) is 3.35. The van der Waals surface area contributed by atoms with Crippen molar-refractivity contribution in [1.82, 2.24) is 4.98 Å². The van der Waals surface area contributed by atoms with Gasteiger partial charge in [0.25, 0.3) is 0 Å². The zero-order valence-electron chi connectivity index (χ0n) is 9.27. The second-order valence-corrected chi connectivity index (χ2v) is 4.46. The van der Waals surface area contributed by atoms with E-state index in [1.54, 1.807) is 42.6 Å². The minimum absolute atomic E-state index is 0.467. The molecule has 0 aliphatic carbocycles. The lowest BCUT2D eigenvalue weighted by atomic mass is 10.1. The van der Waals surface area contributed by atoms with Crippen LogP contribution in [0.3, 0.4) is 0 Å². The Kier molecular flexibility index (Phi) is 3.99. The highest BCUT2D eigenvalue weighted by Gasteiger charge is 2.03. The van der Waals surface area contributed by atoms with Crippen LogP contribution in [0.25, 0.3) is 11.6 Å². The number of allylic oxidation sites excluding steroid dienone is 1. The third-order valence-corrected chi connectivity index (χ3v) is 2.69. The SMILES string of the molecule is N#C/C(=C\c1cc(Cl)cc(Cl)c1)c1ccccn1. The van der Waals surface area contributed by atoms with Crippen molar-refractivity contribution in [2.45, 2.75) is 0 Å². The van der Waals surface area contributed by atoms with Gasteiger partial charge in [-0.05, 0) is 42.0 Å². The summed E-state index contributed by atoms with van der Waals surface area (Å²) in [5.74, 6) is 0. The van der Waals surface area contributed by atoms with Crippen molar-refractivity contribution in [3.8, 4) is 6.07 Å². The van der Waals surface area contributed by atoms with Crippen molar-refractivity contribution < 1.29 is 0 Å².